The van der Waals surface area contributed by atoms with Crippen molar-refractivity contribution in [3.63, 3.8) is 0 Å². The zero-order chi connectivity index (χ0) is 14.4. The van der Waals surface area contributed by atoms with Gasteiger partial charge in [0.25, 0.3) is 0 Å². The molecule has 3 atom stereocenters. The zero-order valence-electron chi connectivity index (χ0n) is 13.2. The number of aryl methyl sites for hydroxylation is 1. The average Bonchev–Trinajstić information content (AvgIpc) is 2.83. The highest BCUT2D eigenvalue weighted by Gasteiger charge is 2.25. The first kappa shape index (κ1) is 15.5. The summed E-state index contributed by atoms with van der Waals surface area (Å²) >= 11 is 0. The first-order valence-electron chi connectivity index (χ1n) is 8.11. The molecule has 1 aromatic carbocycles. The molecule has 1 N–H and O–H groups in total. The van der Waals surface area contributed by atoms with Crippen molar-refractivity contribution in [2.75, 3.05) is 13.1 Å². The van der Waals surface area contributed by atoms with Gasteiger partial charge in [0.05, 0.1) is 12.2 Å². The summed E-state index contributed by atoms with van der Waals surface area (Å²) in [5.74, 6) is 0.566. The lowest BCUT2D eigenvalue weighted by molar-refractivity contribution is 0.0466. The summed E-state index contributed by atoms with van der Waals surface area (Å²) < 4.78 is 6.02. The van der Waals surface area contributed by atoms with Crippen LogP contribution < -0.4 is 5.32 Å². The van der Waals surface area contributed by atoms with E-state index in [0.29, 0.717) is 18.1 Å². The van der Waals surface area contributed by atoms with Crippen molar-refractivity contribution in [1.29, 1.82) is 0 Å². The van der Waals surface area contributed by atoms with E-state index in [2.05, 4.69) is 50.4 Å². The Morgan fingerprint density at radius 3 is 2.85 bits per heavy atom. The first-order valence-corrected chi connectivity index (χ1v) is 8.11. The van der Waals surface area contributed by atoms with E-state index in [4.69, 9.17) is 4.74 Å². The predicted octanol–water partition coefficient (Wildman–Crippen LogP) is 4.04. The second kappa shape index (κ2) is 7.80. The number of hydrogen-bond acceptors (Lipinski definition) is 2. The predicted molar refractivity (Wildman–Crippen MR) is 85.3 cm³/mol. The third-order valence-corrected chi connectivity index (χ3v) is 4.20. The summed E-state index contributed by atoms with van der Waals surface area (Å²) in [4.78, 5) is 0. The van der Waals surface area contributed by atoms with Crippen molar-refractivity contribution in [3.05, 3.63) is 35.4 Å². The molecule has 1 aromatic rings. The van der Waals surface area contributed by atoms with E-state index < -0.39 is 0 Å². The molecule has 2 rings (SSSR count). The van der Waals surface area contributed by atoms with Gasteiger partial charge in [0.15, 0.2) is 0 Å². The fraction of sp³-hybridized carbons (Fsp3) is 0.667. The van der Waals surface area contributed by atoms with Crippen LogP contribution in [0.5, 0.6) is 0 Å². The maximum absolute atomic E-state index is 6.02. The summed E-state index contributed by atoms with van der Waals surface area (Å²) in [6, 6.07) is 8.95. The van der Waals surface area contributed by atoms with Gasteiger partial charge in [-0.25, -0.2) is 0 Å². The van der Waals surface area contributed by atoms with Crippen LogP contribution in [-0.4, -0.2) is 25.3 Å². The maximum atomic E-state index is 6.02. The monoisotopic (exact) mass is 275 g/mol. The van der Waals surface area contributed by atoms with Crippen LogP contribution in [0.3, 0.4) is 0 Å². The van der Waals surface area contributed by atoms with Crippen LogP contribution in [0.15, 0.2) is 24.3 Å². The molecular weight excluding hydrogens is 246 g/mol. The lowest BCUT2D eigenvalue weighted by Gasteiger charge is -2.22. The Hall–Kier alpha value is -0.860. The van der Waals surface area contributed by atoms with E-state index >= 15 is 0 Å². The van der Waals surface area contributed by atoms with E-state index in [9.17, 15) is 0 Å². The van der Waals surface area contributed by atoms with Gasteiger partial charge >= 0.3 is 0 Å². The fourth-order valence-electron chi connectivity index (χ4n) is 3.09. The van der Waals surface area contributed by atoms with Gasteiger partial charge in [0.2, 0.25) is 0 Å². The van der Waals surface area contributed by atoms with E-state index in [1.807, 2.05) is 0 Å². The molecule has 3 unspecified atom stereocenters. The van der Waals surface area contributed by atoms with Crippen molar-refractivity contribution in [2.45, 2.75) is 64.6 Å². The molecule has 1 saturated heterocycles. The Bertz CT molecular complexity index is 404. The van der Waals surface area contributed by atoms with Gasteiger partial charge in [-0.15, -0.1) is 0 Å². The molecular formula is C18H29NO. The minimum absolute atomic E-state index is 0.443. The lowest BCUT2D eigenvalue weighted by atomic mass is 9.91. The Kier molecular flexibility index (Phi) is 6.06. The number of benzene rings is 1. The van der Waals surface area contributed by atoms with Crippen molar-refractivity contribution >= 4 is 0 Å². The molecule has 1 aliphatic heterocycles. The topological polar surface area (TPSA) is 21.3 Å². The molecule has 112 valence electrons. The SMILES string of the molecule is CCCNCC(CC1CCC(C)O1)c1cccc(C)c1. The number of ether oxygens (including phenoxy) is 1. The molecule has 1 heterocycles. The third-order valence-electron chi connectivity index (χ3n) is 4.20. The van der Waals surface area contributed by atoms with Crippen molar-refractivity contribution in [1.82, 2.24) is 5.32 Å². The van der Waals surface area contributed by atoms with E-state index in [1.165, 1.54) is 30.4 Å². The average molecular weight is 275 g/mol. The summed E-state index contributed by atoms with van der Waals surface area (Å²) in [6.07, 6.45) is 5.66. The molecule has 0 radical (unpaired) electrons. The Balaban J connectivity index is 2.00. The molecule has 20 heavy (non-hydrogen) atoms. The Morgan fingerprint density at radius 1 is 1.35 bits per heavy atom. The van der Waals surface area contributed by atoms with Gasteiger partial charge in [0, 0.05) is 6.54 Å². The minimum Gasteiger partial charge on any atom is -0.375 e. The molecule has 2 nitrogen and oxygen atoms in total. The van der Waals surface area contributed by atoms with E-state index in [1.54, 1.807) is 0 Å². The Morgan fingerprint density at radius 2 is 2.20 bits per heavy atom. The maximum Gasteiger partial charge on any atom is 0.0586 e. The van der Waals surface area contributed by atoms with Gasteiger partial charge in [-0.05, 0) is 57.6 Å². The smallest absolute Gasteiger partial charge is 0.0586 e. The van der Waals surface area contributed by atoms with Gasteiger partial charge in [0.1, 0.15) is 0 Å². The third kappa shape index (κ3) is 4.60. The molecule has 0 bridgehead atoms. The highest BCUT2D eigenvalue weighted by Crippen LogP contribution is 2.29. The number of nitrogens with one attached hydrogen (secondary N) is 1. The molecule has 1 fully saturated rings. The highest BCUT2D eigenvalue weighted by molar-refractivity contribution is 5.26. The van der Waals surface area contributed by atoms with E-state index in [0.717, 1.165) is 19.5 Å². The van der Waals surface area contributed by atoms with Crippen LogP contribution >= 0.6 is 0 Å². The molecule has 2 heteroatoms. The van der Waals surface area contributed by atoms with Crippen molar-refractivity contribution < 1.29 is 4.74 Å². The Labute approximate surface area is 123 Å². The highest BCUT2D eigenvalue weighted by atomic mass is 16.5. The number of hydrogen-bond donors (Lipinski definition) is 1. The largest absolute Gasteiger partial charge is 0.375 e. The summed E-state index contributed by atoms with van der Waals surface area (Å²) in [6.45, 7) is 8.75. The molecule has 0 aromatic heterocycles. The van der Waals surface area contributed by atoms with Crippen LogP contribution in [0.2, 0.25) is 0 Å². The van der Waals surface area contributed by atoms with E-state index in [-0.39, 0.29) is 0 Å². The van der Waals surface area contributed by atoms with Gasteiger partial charge in [-0.2, -0.15) is 0 Å². The first-order chi connectivity index (χ1) is 9.69. The molecule has 0 spiro atoms. The normalized spacial score (nSPS) is 23.9. The summed E-state index contributed by atoms with van der Waals surface area (Å²) in [5.41, 5.74) is 2.81. The quantitative estimate of drug-likeness (QED) is 0.758. The standard InChI is InChI=1S/C18H29NO/c1-4-10-19-13-17(12-18-9-8-15(3)20-18)16-7-5-6-14(2)11-16/h5-7,11,15,17-19H,4,8-10,12-13H2,1-3H3. The van der Waals surface area contributed by atoms with Gasteiger partial charge in [-0.1, -0.05) is 36.8 Å². The van der Waals surface area contributed by atoms with Crippen LogP contribution in [0.1, 0.15) is 56.6 Å². The summed E-state index contributed by atoms with van der Waals surface area (Å²) in [7, 11) is 0. The van der Waals surface area contributed by atoms with Gasteiger partial charge in [-0.3, -0.25) is 0 Å². The lowest BCUT2D eigenvalue weighted by Crippen LogP contribution is -2.25. The van der Waals surface area contributed by atoms with Crippen LogP contribution in [0, 0.1) is 6.92 Å². The summed E-state index contributed by atoms with van der Waals surface area (Å²) in [5, 5.41) is 3.58. The van der Waals surface area contributed by atoms with Crippen molar-refractivity contribution in [2.24, 2.45) is 0 Å². The second-order valence-electron chi connectivity index (χ2n) is 6.20. The van der Waals surface area contributed by atoms with Crippen molar-refractivity contribution in [3.8, 4) is 0 Å². The van der Waals surface area contributed by atoms with Crippen LogP contribution in [-0.2, 0) is 4.74 Å². The van der Waals surface area contributed by atoms with Crippen LogP contribution in [0.25, 0.3) is 0 Å². The number of rotatable bonds is 7. The second-order valence-corrected chi connectivity index (χ2v) is 6.20. The zero-order valence-corrected chi connectivity index (χ0v) is 13.2. The minimum atomic E-state index is 0.443. The molecule has 0 saturated carbocycles. The molecule has 1 aliphatic rings. The fourth-order valence-corrected chi connectivity index (χ4v) is 3.09. The van der Waals surface area contributed by atoms with Crippen LogP contribution in [0.4, 0.5) is 0 Å². The molecule has 0 aliphatic carbocycles. The molecule has 0 amide bonds. The van der Waals surface area contributed by atoms with Gasteiger partial charge < -0.3 is 10.1 Å².